The van der Waals surface area contributed by atoms with Crippen LogP contribution in [-0.4, -0.2) is 49.6 Å². The minimum absolute atomic E-state index is 0. The molecule has 0 amide bonds. The topological polar surface area (TPSA) is 15.3 Å². The first-order chi connectivity index (χ1) is 6.36. The van der Waals surface area contributed by atoms with Crippen molar-refractivity contribution in [3.05, 3.63) is 0 Å². The minimum atomic E-state index is 0. The van der Waals surface area contributed by atoms with Gasteiger partial charge in [0.25, 0.3) is 0 Å². The van der Waals surface area contributed by atoms with Gasteiger partial charge in [0, 0.05) is 18.8 Å². The summed E-state index contributed by atoms with van der Waals surface area (Å²) in [6.07, 6.45) is 1.39. The molecule has 0 radical (unpaired) electrons. The van der Waals surface area contributed by atoms with Crippen molar-refractivity contribution >= 4 is 24.2 Å². The fourth-order valence-electron chi connectivity index (χ4n) is 1.91. The Labute approximate surface area is 98.6 Å². The maximum atomic E-state index is 3.27. The third-order valence-electron chi connectivity index (χ3n) is 2.62. The number of thioether (sulfide) groups is 1. The van der Waals surface area contributed by atoms with Gasteiger partial charge in [-0.3, -0.25) is 0 Å². The number of likely N-dealkylation sites (tertiary alicyclic amines) is 1. The van der Waals surface area contributed by atoms with Crippen LogP contribution in [0.1, 0.15) is 13.3 Å². The quantitative estimate of drug-likeness (QED) is 0.710. The van der Waals surface area contributed by atoms with Crippen molar-refractivity contribution in [2.75, 3.05) is 44.7 Å². The second kappa shape index (κ2) is 8.84. The van der Waals surface area contributed by atoms with Gasteiger partial charge in [0.05, 0.1) is 0 Å². The van der Waals surface area contributed by atoms with Crippen LogP contribution in [0.25, 0.3) is 0 Å². The molecule has 0 bridgehead atoms. The summed E-state index contributed by atoms with van der Waals surface area (Å²) < 4.78 is 0. The first-order valence-electron chi connectivity index (χ1n) is 5.31. The van der Waals surface area contributed by atoms with E-state index in [9.17, 15) is 0 Å². The van der Waals surface area contributed by atoms with Gasteiger partial charge in [0.2, 0.25) is 0 Å². The van der Waals surface area contributed by atoms with Crippen LogP contribution < -0.4 is 5.32 Å². The molecular weight excluding hydrogens is 216 g/mol. The Morgan fingerprint density at radius 1 is 1.50 bits per heavy atom. The first kappa shape index (κ1) is 14.6. The maximum absolute atomic E-state index is 3.27. The molecule has 1 heterocycles. The highest BCUT2D eigenvalue weighted by Gasteiger charge is 2.20. The van der Waals surface area contributed by atoms with Crippen LogP contribution in [0.3, 0.4) is 0 Å². The Bertz CT molecular complexity index is 135. The van der Waals surface area contributed by atoms with E-state index in [-0.39, 0.29) is 12.4 Å². The molecule has 4 heteroatoms. The fraction of sp³-hybridized carbons (Fsp3) is 1.00. The van der Waals surface area contributed by atoms with E-state index in [4.69, 9.17) is 0 Å². The van der Waals surface area contributed by atoms with Crippen LogP contribution in [0.2, 0.25) is 0 Å². The lowest BCUT2D eigenvalue weighted by Gasteiger charge is -2.15. The molecule has 1 aliphatic rings. The van der Waals surface area contributed by atoms with Crippen molar-refractivity contribution < 1.29 is 0 Å². The van der Waals surface area contributed by atoms with E-state index in [1.807, 2.05) is 0 Å². The highest BCUT2D eigenvalue weighted by atomic mass is 35.5. The number of halogens is 1. The van der Waals surface area contributed by atoms with Crippen LogP contribution in [0, 0.1) is 5.92 Å². The van der Waals surface area contributed by atoms with Crippen molar-refractivity contribution in [2.24, 2.45) is 5.92 Å². The summed E-state index contributed by atoms with van der Waals surface area (Å²) in [5.74, 6) is 3.47. The van der Waals surface area contributed by atoms with Crippen LogP contribution in [0.5, 0.6) is 0 Å². The average Bonchev–Trinajstić information content (AvgIpc) is 2.54. The van der Waals surface area contributed by atoms with Gasteiger partial charge in [-0.1, -0.05) is 6.92 Å². The molecule has 1 rings (SSSR count). The molecule has 1 atom stereocenters. The van der Waals surface area contributed by atoms with Crippen LogP contribution in [-0.2, 0) is 0 Å². The van der Waals surface area contributed by atoms with Crippen LogP contribution in [0.4, 0.5) is 0 Å². The molecule has 0 aromatic heterocycles. The molecule has 14 heavy (non-hydrogen) atoms. The summed E-state index contributed by atoms with van der Waals surface area (Å²) in [4.78, 5) is 2.60. The molecule has 0 aliphatic carbocycles. The molecule has 86 valence electrons. The zero-order valence-electron chi connectivity index (χ0n) is 9.29. The second-order valence-corrected chi connectivity index (χ2v) is 5.10. The Hall–Kier alpha value is 0.560. The van der Waals surface area contributed by atoms with Crippen molar-refractivity contribution in [3.63, 3.8) is 0 Å². The van der Waals surface area contributed by atoms with Gasteiger partial charge in [0.15, 0.2) is 0 Å². The SMILES string of the molecule is CCSCCN1CCC(CNC)C1.Cl. The van der Waals surface area contributed by atoms with E-state index in [0.29, 0.717) is 0 Å². The highest BCUT2D eigenvalue weighted by Crippen LogP contribution is 2.15. The number of nitrogens with zero attached hydrogens (tertiary/aromatic N) is 1. The molecule has 1 unspecified atom stereocenters. The zero-order chi connectivity index (χ0) is 9.52. The Kier molecular flexibility index (Phi) is 9.19. The molecule has 1 fully saturated rings. The monoisotopic (exact) mass is 238 g/mol. The van der Waals surface area contributed by atoms with Crippen molar-refractivity contribution in [1.29, 1.82) is 0 Å². The summed E-state index contributed by atoms with van der Waals surface area (Å²) in [7, 11) is 2.05. The van der Waals surface area contributed by atoms with Crippen LogP contribution >= 0.6 is 24.2 Å². The molecule has 0 aromatic carbocycles. The summed E-state index contributed by atoms with van der Waals surface area (Å²) in [5, 5.41) is 3.27. The van der Waals surface area contributed by atoms with Gasteiger partial charge in [0.1, 0.15) is 0 Å². The van der Waals surface area contributed by atoms with E-state index in [0.717, 1.165) is 5.92 Å². The molecule has 2 nitrogen and oxygen atoms in total. The maximum Gasteiger partial charge on any atom is 0.00725 e. The third kappa shape index (κ3) is 5.44. The average molecular weight is 239 g/mol. The predicted octanol–water partition coefficient (Wildman–Crippen LogP) is 1.70. The summed E-state index contributed by atoms with van der Waals surface area (Å²) in [5.41, 5.74) is 0. The highest BCUT2D eigenvalue weighted by molar-refractivity contribution is 7.99. The van der Waals surface area contributed by atoms with Crippen molar-refractivity contribution in [2.45, 2.75) is 13.3 Å². The molecule has 1 N–H and O–H groups in total. The van der Waals surface area contributed by atoms with Gasteiger partial charge in [-0.25, -0.2) is 0 Å². The van der Waals surface area contributed by atoms with Gasteiger partial charge in [-0.05, 0) is 38.2 Å². The minimum Gasteiger partial charge on any atom is -0.319 e. The van der Waals surface area contributed by atoms with Crippen LogP contribution in [0.15, 0.2) is 0 Å². The Morgan fingerprint density at radius 3 is 2.93 bits per heavy atom. The smallest absolute Gasteiger partial charge is 0.00725 e. The fourth-order valence-corrected chi connectivity index (χ4v) is 2.59. The van der Waals surface area contributed by atoms with Crippen molar-refractivity contribution in [3.8, 4) is 0 Å². The molecule has 1 aliphatic heterocycles. The van der Waals surface area contributed by atoms with Gasteiger partial charge < -0.3 is 10.2 Å². The summed E-state index contributed by atoms with van der Waals surface area (Å²) in [6, 6.07) is 0. The molecule has 0 aromatic rings. The third-order valence-corrected chi connectivity index (χ3v) is 3.50. The first-order valence-corrected chi connectivity index (χ1v) is 6.47. The second-order valence-electron chi connectivity index (χ2n) is 3.71. The molecule has 0 saturated carbocycles. The van der Waals surface area contributed by atoms with E-state index in [1.54, 1.807) is 0 Å². The molecule has 0 spiro atoms. The number of hydrogen-bond acceptors (Lipinski definition) is 3. The Balaban J connectivity index is 0.00000169. The zero-order valence-corrected chi connectivity index (χ0v) is 10.9. The van der Waals surface area contributed by atoms with Gasteiger partial charge in [-0.15, -0.1) is 12.4 Å². The molecular formula is C10H23ClN2S. The van der Waals surface area contributed by atoms with E-state index in [2.05, 4.69) is 35.9 Å². The Morgan fingerprint density at radius 2 is 2.29 bits per heavy atom. The standard InChI is InChI=1S/C10H22N2S.ClH/c1-3-13-7-6-12-5-4-10(9-12)8-11-2;/h10-11H,3-9H2,1-2H3;1H. The lowest BCUT2D eigenvalue weighted by Crippen LogP contribution is -2.26. The predicted molar refractivity (Wildman–Crippen MR) is 68.7 cm³/mol. The van der Waals surface area contributed by atoms with E-state index < -0.39 is 0 Å². The number of nitrogens with one attached hydrogen (secondary N) is 1. The van der Waals surface area contributed by atoms with E-state index in [1.165, 1.54) is 44.1 Å². The summed E-state index contributed by atoms with van der Waals surface area (Å²) in [6.45, 7) is 7.34. The number of rotatable bonds is 6. The summed E-state index contributed by atoms with van der Waals surface area (Å²) >= 11 is 2.05. The largest absolute Gasteiger partial charge is 0.319 e. The lowest BCUT2D eigenvalue weighted by atomic mass is 10.1. The normalized spacial score (nSPS) is 22.3. The van der Waals surface area contributed by atoms with E-state index >= 15 is 0 Å². The lowest BCUT2D eigenvalue weighted by molar-refractivity contribution is 0.343. The number of hydrogen-bond donors (Lipinski definition) is 1. The molecule has 1 saturated heterocycles. The van der Waals surface area contributed by atoms with Gasteiger partial charge in [-0.2, -0.15) is 11.8 Å². The van der Waals surface area contributed by atoms with Crippen molar-refractivity contribution in [1.82, 2.24) is 10.2 Å². The van der Waals surface area contributed by atoms with Gasteiger partial charge >= 0.3 is 0 Å².